The second-order valence-electron chi connectivity index (χ2n) is 24.1. The SMILES string of the molecule is O=C(O)CCC(CCC(=O)O)(CCC(=O)O)NC(=O)CCC(CCC(=O)NC(CCC(=O)O)(CCC(=O)O)CCC(=O)O)NC(=O)c1cccc(C(=O)NC(CCC(=O)NC(CCC(=O)O)(CCC(=O)O)CCC(=O)O)CCC(=O)NC(CCC(=O)O)(CCC(=O)O)CCC(=O)O)c1. The first-order chi connectivity index (χ1) is 45.7. The van der Waals surface area contributed by atoms with E-state index in [1.54, 1.807) is 0 Å². The highest BCUT2D eigenvalue weighted by atomic mass is 16.4. The number of nitrogens with one attached hydrogen (secondary N) is 6. The van der Waals surface area contributed by atoms with Gasteiger partial charge in [-0.25, -0.2) is 0 Å². The van der Waals surface area contributed by atoms with Gasteiger partial charge in [0.2, 0.25) is 23.6 Å². The van der Waals surface area contributed by atoms with E-state index in [4.69, 9.17) is 0 Å². The second kappa shape index (κ2) is 43.0. The fourth-order valence-corrected chi connectivity index (χ4v) is 11.0. The van der Waals surface area contributed by atoms with Crippen molar-refractivity contribution in [2.45, 2.75) is 240 Å². The fraction of sp³-hybridized carbons (Fsp3) is 0.613. The Balaban J connectivity index is 4.00. The predicted molar refractivity (Wildman–Crippen MR) is 332 cm³/mol. The molecule has 546 valence electrons. The Labute approximate surface area is 560 Å². The summed E-state index contributed by atoms with van der Waals surface area (Å²) in [6.45, 7) is 0. The number of benzene rings is 1. The molecule has 18 N–H and O–H groups in total. The minimum atomic E-state index is -1.71. The summed E-state index contributed by atoms with van der Waals surface area (Å²) in [6.07, 6.45) is -16.8. The largest absolute Gasteiger partial charge is 0.481 e. The molecule has 0 saturated carbocycles. The van der Waals surface area contributed by atoms with Gasteiger partial charge in [0, 0.05) is 148 Å². The Bertz CT molecular complexity index is 2500. The molecule has 1 aromatic rings. The van der Waals surface area contributed by atoms with Gasteiger partial charge >= 0.3 is 71.6 Å². The molecular formula is C62H88N6O30. The van der Waals surface area contributed by atoms with Crippen LogP contribution in [0.2, 0.25) is 0 Å². The van der Waals surface area contributed by atoms with Crippen LogP contribution in [0.4, 0.5) is 0 Å². The number of aliphatic carboxylic acids is 12. The van der Waals surface area contributed by atoms with Crippen molar-refractivity contribution in [2.75, 3.05) is 0 Å². The first kappa shape index (κ1) is 85.7. The van der Waals surface area contributed by atoms with Crippen molar-refractivity contribution in [3.63, 3.8) is 0 Å². The number of hydrogen-bond donors (Lipinski definition) is 18. The lowest BCUT2D eigenvalue weighted by molar-refractivity contribution is -0.141. The molecule has 0 heterocycles. The Hall–Kier alpha value is -10.3. The zero-order chi connectivity index (χ0) is 74.4. The van der Waals surface area contributed by atoms with E-state index in [1.807, 2.05) is 0 Å². The predicted octanol–water partition coefficient (Wildman–Crippen LogP) is 2.80. The summed E-state index contributed by atoms with van der Waals surface area (Å²) in [6, 6.07) is 2.15. The van der Waals surface area contributed by atoms with E-state index in [9.17, 15) is 148 Å². The molecule has 0 atom stereocenters. The lowest BCUT2D eigenvalue weighted by Crippen LogP contribution is -2.50. The highest BCUT2D eigenvalue weighted by Gasteiger charge is 2.39. The lowest BCUT2D eigenvalue weighted by Gasteiger charge is -2.35. The molecule has 6 amide bonds. The molecule has 0 fully saturated rings. The summed E-state index contributed by atoms with van der Waals surface area (Å²) >= 11 is 0. The van der Waals surface area contributed by atoms with Crippen LogP contribution in [-0.2, 0) is 76.7 Å². The third kappa shape index (κ3) is 37.7. The van der Waals surface area contributed by atoms with Crippen LogP contribution in [-0.4, -0.2) is 203 Å². The van der Waals surface area contributed by atoms with Gasteiger partial charge in [-0.1, -0.05) is 6.07 Å². The molecule has 0 aliphatic rings. The van der Waals surface area contributed by atoms with Crippen molar-refractivity contribution in [3.8, 4) is 0 Å². The molecule has 0 spiro atoms. The van der Waals surface area contributed by atoms with Crippen LogP contribution in [0, 0.1) is 0 Å². The van der Waals surface area contributed by atoms with Crippen molar-refractivity contribution in [1.82, 2.24) is 31.9 Å². The van der Waals surface area contributed by atoms with Crippen molar-refractivity contribution in [3.05, 3.63) is 35.4 Å². The Morgan fingerprint density at radius 1 is 0.255 bits per heavy atom. The number of carbonyl (C=O) groups is 18. The van der Waals surface area contributed by atoms with Gasteiger partial charge in [0.25, 0.3) is 11.8 Å². The third-order valence-electron chi connectivity index (χ3n) is 16.4. The molecule has 1 rings (SSSR count). The first-order valence-electron chi connectivity index (χ1n) is 31.3. The maximum atomic E-state index is 14.3. The van der Waals surface area contributed by atoms with Gasteiger partial charge in [-0.3, -0.25) is 86.3 Å². The second-order valence-corrected chi connectivity index (χ2v) is 24.1. The normalized spacial score (nSPS) is 11.5. The molecule has 0 aliphatic heterocycles. The van der Waals surface area contributed by atoms with Crippen LogP contribution in [0.15, 0.2) is 24.3 Å². The summed E-state index contributed by atoms with van der Waals surface area (Å²) in [4.78, 5) is 224. The van der Waals surface area contributed by atoms with E-state index in [0.29, 0.717) is 0 Å². The van der Waals surface area contributed by atoms with Gasteiger partial charge in [-0.2, -0.15) is 0 Å². The minimum absolute atomic E-state index is 0.294. The summed E-state index contributed by atoms with van der Waals surface area (Å²) in [5.74, 6) is -22.1. The standard InChI is InChI=1S/C62H88N6O30/c69-41(65-59(24-12-45(73)74,25-13-46(75)76)26-14-47(77)78)8-4-39(5-9-42(70)66-60(27-15-48(79)80,28-16-49(81)82)29-17-50(83)84)63-57(97)37-2-1-3-38(36-37)58(98)64-40(6-10-43(71)67-61(30-18-51(85)86,31-19-52(87)88)32-20-53(89)90)7-11-44(72)68-62(33-21-54(91)92,34-22-55(93)94)35-23-56(95)96/h1-3,36,39-40H,4-35H2,(H,63,97)(H,64,98)(H,65,69)(H,66,70)(H,67,71)(H,68,72)(H,73,74)(H,75,76)(H,77,78)(H,79,80)(H,81,82)(H,83,84)(H,85,86)(H,87,88)(H,89,90)(H,91,92)(H,93,94)(H,95,96). The smallest absolute Gasteiger partial charge is 0.303 e. The van der Waals surface area contributed by atoms with Gasteiger partial charge in [0.05, 0.1) is 0 Å². The summed E-state index contributed by atoms with van der Waals surface area (Å²) in [5.41, 5.74) is -7.43. The van der Waals surface area contributed by atoms with Gasteiger partial charge in [-0.05, 0) is 121 Å². The van der Waals surface area contributed by atoms with Crippen LogP contribution in [0.3, 0.4) is 0 Å². The number of hydrogen-bond acceptors (Lipinski definition) is 18. The molecule has 0 bridgehead atoms. The molecule has 36 nitrogen and oxygen atoms in total. The van der Waals surface area contributed by atoms with Gasteiger partial charge < -0.3 is 93.2 Å². The van der Waals surface area contributed by atoms with Gasteiger partial charge in [-0.15, -0.1) is 0 Å². The Kier molecular flexibility index (Phi) is 37.6. The van der Waals surface area contributed by atoms with E-state index < -0.39 is 347 Å². The molecule has 0 saturated heterocycles. The fourth-order valence-electron chi connectivity index (χ4n) is 11.0. The van der Waals surface area contributed by atoms with E-state index >= 15 is 0 Å². The highest BCUT2D eigenvalue weighted by Crippen LogP contribution is 2.31. The van der Waals surface area contributed by atoms with Crippen LogP contribution in [0.25, 0.3) is 0 Å². The molecule has 0 aliphatic carbocycles. The van der Waals surface area contributed by atoms with Gasteiger partial charge in [0.1, 0.15) is 0 Å². The monoisotopic (exact) mass is 1400 g/mol. The first-order valence-corrected chi connectivity index (χ1v) is 31.3. The molecule has 0 radical (unpaired) electrons. The van der Waals surface area contributed by atoms with E-state index in [-0.39, 0.29) is 11.1 Å². The number of carboxylic acid groups (broad SMARTS) is 12. The third-order valence-corrected chi connectivity index (χ3v) is 16.4. The van der Waals surface area contributed by atoms with Crippen molar-refractivity contribution in [1.29, 1.82) is 0 Å². The van der Waals surface area contributed by atoms with Crippen LogP contribution in [0.5, 0.6) is 0 Å². The Morgan fingerprint density at radius 2 is 0.408 bits per heavy atom. The number of amides is 6. The van der Waals surface area contributed by atoms with Gasteiger partial charge in [0.15, 0.2) is 0 Å². The molecule has 1 aromatic carbocycles. The quantitative estimate of drug-likeness (QED) is 0.0446. The molecular weight excluding hydrogens is 1310 g/mol. The average molecular weight is 1400 g/mol. The maximum Gasteiger partial charge on any atom is 0.303 e. The zero-order valence-electron chi connectivity index (χ0n) is 53.8. The summed E-state index contributed by atoms with van der Waals surface area (Å²) < 4.78 is 0. The van der Waals surface area contributed by atoms with Crippen molar-refractivity contribution < 1.29 is 148 Å². The lowest BCUT2D eigenvalue weighted by atomic mass is 9.83. The molecule has 36 heteroatoms. The maximum absolute atomic E-state index is 14.3. The molecule has 0 unspecified atom stereocenters. The zero-order valence-corrected chi connectivity index (χ0v) is 53.8. The average Bonchev–Trinajstić information content (AvgIpc) is 0.877. The summed E-state index contributed by atoms with van der Waals surface area (Å²) in [5, 5.41) is 130. The molecule has 98 heavy (non-hydrogen) atoms. The Morgan fingerprint density at radius 3 is 0.551 bits per heavy atom. The van der Waals surface area contributed by atoms with Crippen LogP contribution in [0.1, 0.15) is 226 Å². The topological polar surface area (TPSA) is 622 Å². The molecule has 0 aromatic heterocycles. The number of carbonyl (C=O) groups excluding carboxylic acids is 6. The van der Waals surface area contributed by atoms with Crippen molar-refractivity contribution in [2.24, 2.45) is 0 Å². The van der Waals surface area contributed by atoms with E-state index in [2.05, 4.69) is 31.9 Å². The number of rotatable bonds is 56. The summed E-state index contributed by atoms with van der Waals surface area (Å²) in [7, 11) is 0. The van der Waals surface area contributed by atoms with Crippen LogP contribution >= 0.6 is 0 Å². The highest BCUT2D eigenvalue weighted by molar-refractivity contribution is 6.00. The van der Waals surface area contributed by atoms with E-state index in [1.165, 1.54) is 18.2 Å². The number of carboxylic acids is 12. The van der Waals surface area contributed by atoms with E-state index in [0.717, 1.165) is 6.07 Å². The van der Waals surface area contributed by atoms with Crippen LogP contribution < -0.4 is 31.9 Å². The van der Waals surface area contributed by atoms with Crippen molar-refractivity contribution >= 4 is 107 Å². The minimum Gasteiger partial charge on any atom is -0.481 e.